The molecule has 0 unspecified atom stereocenters. The highest BCUT2D eigenvalue weighted by Crippen LogP contribution is 2.21. The first-order valence-corrected chi connectivity index (χ1v) is 9.42. The molecule has 150 valence electrons. The standard InChI is InChI=1S/C20H31N3O4/c1-20(2,3)27-19(25)23-11-9-16(10-12-23)17(21)13-22-18(24)26-14-15-7-5-4-6-8-15/h4-8,16-17H,9-14,21H2,1-3H3,(H,22,24)/t17-/m0/s1. The van der Waals surface area contributed by atoms with Crippen molar-refractivity contribution in [2.24, 2.45) is 11.7 Å². The third-order valence-corrected chi connectivity index (χ3v) is 4.49. The second-order valence-corrected chi connectivity index (χ2v) is 7.91. The number of alkyl carbamates (subject to hydrolysis) is 1. The van der Waals surface area contributed by atoms with Crippen LogP contribution in [0.3, 0.4) is 0 Å². The zero-order chi connectivity index (χ0) is 19.9. The molecule has 2 amide bonds. The van der Waals surface area contributed by atoms with Gasteiger partial charge < -0.3 is 25.4 Å². The van der Waals surface area contributed by atoms with Crippen molar-refractivity contribution < 1.29 is 19.1 Å². The molecule has 1 aliphatic heterocycles. The number of amides is 2. The van der Waals surface area contributed by atoms with E-state index < -0.39 is 11.7 Å². The number of carbonyl (C=O) groups excluding carboxylic acids is 2. The Bertz CT molecular complexity index is 607. The molecule has 0 aromatic heterocycles. The van der Waals surface area contributed by atoms with Crippen LogP contribution < -0.4 is 11.1 Å². The molecule has 0 bridgehead atoms. The van der Waals surface area contributed by atoms with Crippen LogP contribution in [-0.4, -0.2) is 48.4 Å². The number of nitrogens with zero attached hydrogens (tertiary/aromatic N) is 1. The van der Waals surface area contributed by atoms with Crippen molar-refractivity contribution in [2.75, 3.05) is 19.6 Å². The van der Waals surface area contributed by atoms with Gasteiger partial charge in [-0.25, -0.2) is 9.59 Å². The van der Waals surface area contributed by atoms with E-state index in [4.69, 9.17) is 15.2 Å². The van der Waals surface area contributed by atoms with E-state index in [1.54, 1.807) is 4.90 Å². The highest BCUT2D eigenvalue weighted by atomic mass is 16.6. The van der Waals surface area contributed by atoms with Crippen LogP contribution in [0.15, 0.2) is 30.3 Å². The van der Waals surface area contributed by atoms with Gasteiger partial charge in [0.2, 0.25) is 0 Å². The van der Waals surface area contributed by atoms with E-state index in [0.29, 0.717) is 19.6 Å². The van der Waals surface area contributed by atoms with Crippen molar-refractivity contribution in [3.63, 3.8) is 0 Å². The number of rotatable bonds is 5. The minimum atomic E-state index is -0.492. The maximum absolute atomic E-state index is 12.1. The highest BCUT2D eigenvalue weighted by molar-refractivity contribution is 5.68. The molecule has 0 spiro atoms. The van der Waals surface area contributed by atoms with Crippen molar-refractivity contribution in [2.45, 2.75) is 51.9 Å². The molecule has 1 atom stereocenters. The summed E-state index contributed by atoms with van der Waals surface area (Å²) < 4.78 is 10.6. The van der Waals surface area contributed by atoms with Crippen molar-refractivity contribution in [3.8, 4) is 0 Å². The maximum Gasteiger partial charge on any atom is 0.410 e. The zero-order valence-electron chi connectivity index (χ0n) is 16.4. The molecule has 0 radical (unpaired) electrons. The molecule has 7 heteroatoms. The number of nitrogens with one attached hydrogen (secondary N) is 1. The SMILES string of the molecule is CC(C)(C)OC(=O)N1CCC([C@@H](N)CNC(=O)OCc2ccccc2)CC1. The largest absolute Gasteiger partial charge is 0.445 e. The summed E-state index contributed by atoms with van der Waals surface area (Å²) in [7, 11) is 0. The van der Waals surface area contributed by atoms with E-state index in [1.165, 1.54) is 0 Å². The fraction of sp³-hybridized carbons (Fsp3) is 0.600. The van der Waals surface area contributed by atoms with Crippen molar-refractivity contribution in [1.29, 1.82) is 0 Å². The minimum Gasteiger partial charge on any atom is -0.445 e. The third kappa shape index (κ3) is 7.46. The van der Waals surface area contributed by atoms with Gasteiger partial charge in [0.15, 0.2) is 0 Å². The Balaban J connectivity index is 1.66. The van der Waals surface area contributed by atoms with Crippen LogP contribution in [0.4, 0.5) is 9.59 Å². The third-order valence-electron chi connectivity index (χ3n) is 4.49. The maximum atomic E-state index is 12.1. The zero-order valence-corrected chi connectivity index (χ0v) is 16.4. The summed E-state index contributed by atoms with van der Waals surface area (Å²) in [6.07, 6.45) is 0.833. The number of nitrogens with two attached hydrogens (primary N) is 1. The van der Waals surface area contributed by atoms with Gasteiger partial charge in [0.1, 0.15) is 12.2 Å². The number of ether oxygens (including phenoxy) is 2. The number of hydrogen-bond donors (Lipinski definition) is 2. The van der Waals surface area contributed by atoms with Crippen molar-refractivity contribution in [3.05, 3.63) is 35.9 Å². The van der Waals surface area contributed by atoms with E-state index in [1.807, 2.05) is 51.1 Å². The van der Waals surface area contributed by atoms with Gasteiger partial charge >= 0.3 is 12.2 Å². The summed E-state index contributed by atoms with van der Waals surface area (Å²) in [5, 5.41) is 2.72. The average Bonchev–Trinajstić information content (AvgIpc) is 2.64. The summed E-state index contributed by atoms with van der Waals surface area (Å²) in [4.78, 5) is 25.6. The van der Waals surface area contributed by atoms with Gasteiger partial charge in [-0.15, -0.1) is 0 Å². The number of carbonyl (C=O) groups is 2. The molecule has 1 aromatic carbocycles. The molecule has 1 saturated heterocycles. The molecule has 2 rings (SSSR count). The van der Waals surface area contributed by atoms with E-state index in [0.717, 1.165) is 18.4 Å². The van der Waals surface area contributed by atoms with Gasteiger partial charge in [0.05, 0.1) is 0 Å². The highest BCUT2D eigenvalue weighted by Gasteiger charge is 2.29. The number of benzene rings is 1. The molecule has 1 fully saturated rings. The lowest BCUT2D eigenvalue weighted by Gasteiger charge is -2.35. The second-order valence-electron chi connectivity index (χ2n) is 7.91. The Labute approximate surface area is 161 Å². The van der Waals surface area contributed by atoms with E-state index in [-0.39, 0.29) is 24.7 Å². The monoisotopic (exact) mass is 377 g/mol. The minimum absolute atomic E-state index is 0.171. The predicted molar refractivity (Wildman–Crippen MR) is 103 cm³/mol. The fourth-order valence-corrected chi connectivity index (χ4v) is 2.98. The van der Waals surface area contributed by atoms with Gasteiger partial charge in [-0.3, -0.25) is 0 Å². The van der Waals surface area contributed by atoms with Crippen LogP contribution in [0.5, 0.6) is 0 Å². The van der Waals surface area contributed by atoms with E-state index >= 15 is 0 Å². The normalized spacial score (nSPS) is 16.5. The van der Waals surface area contributed by atoms with Crippen LogP contribution in [0.1, 0.15) is 39.2 Å². The Hall–Kier alpha value is -2.28. The van der Waals surface area contributed by atoms with Crippen LogP contribution in [0.2, 0.25) is 0 Å². The number of hydrogen-bond acceptors (Lipinski definition) is 5. The lowest BCUT2D eigenvalue weighted by Crippen LogP contribution is -2.48. The molecular formula is C20H31N3O4. The fourth-order valence-electron chi connectivity index (χ4n) is 2.98. The summed E-state index contributed by atoms with van der Waals surface area (Å²) in [6, 6.07) is 9.34. The first kappa shape index (κ1) is 21.0. The molecule has 7 nitrogen and oxygen atoms in total. The molecule has 1 heterocycles. The summed E-state index contributed by atoms with van der Waals surface area (Å²) >= 11 is 0. The molecule has 1 aliphatic rings. The van der Waals surface area contributed by atoms with Crippen LogP contribution in [0.25, 0.3) is 0 Å². The quantitative estimate of drug-likeness (QED) is 0.823. The Kier molecular flexibility index (Phi) is 7.47. The van der Waals surface area contributed by atoms with Gasteiger partial charge in [-0.1, -0.05) is 30.3 Å². The second kappa shape index (κ2) is 9.60. The van der Waals surface area contributed by atoms with Gasteiger partial charge in [0, 0.05) is 25.7 Å². The lowest BCUT2D eigenvalue weighted by atomic mass is 9.90. The Morgan fingerprint density at radius 2 is 1.85 bits per heavy atom. The molecule has 27 heavy (non-hydrogen) atoms. The van der Waals surface area contributed by atoms with Crippen LogP contribution >= 0.6 is 0 Å². The predicted octanol–water partition coefficient (Wildman–Crippen LogP) is 2.89. The first-order valence-electron chi connectivity index (χ1n) is 9.42. The van der Waals surface area contributed by atoms with Gasteiger partial charge in [-0.05, 0) is 45.1 Å². The smallest absolute Gasteiger partial charge is 0.410 e. The van der Waals surface area contributed by atoms with Crippen LogP contribution in [-0.2, 0) is 16.1 Å². The summed E-state index contributed by atoms with van der Waals surface area (Å²) in [6.45, 7) is 7.39. The molecule has 0 aliphatic carbocycles. The lowest BCUT2D eigenvalue weighted by molar-refractivity contribution is 0.0175. The summed E-state index contributed by atoms with van der Waals surface area (Å²) in [5.74, 6) is 0.248. The topological polar surface area (TPSA) is 93.9 Å². The molecule has 3 N–H and O–H groups in total. The number of piperidine rings is 1. The molecular weight excluding hydrogens is 346 g/mol. The van der Waals surface area contributed by atoms with Crippen LogP contribution in [0, 0.1) is 5.92 Å². The number of likely N-dealkylation sites (tertiary alicyclic amines) is 1. The van der Waals surface area contributed by atoms with Crippen molar-refractivity contribution in [1.82, 2.24) is 10.2 Å². The Morgan fingerprint density at radius 3 is 2.44 bits per heavy atom. The van der Waals surface area contributed by atoms with E-state index in [2.05, 4.69) is 5.32 Å². The van der Waals surface area contributed by atoms with E-state index in [9.17, 15) is 9.59 Å². The average molecular weight is 377 g/mol. The first-order chi connectivity index (χ1) is 12.7. The van der Waals surface area contributed by atoms with Crippen molar-refractivity contribution >= 4 is 12.2 Å². The molecule has 1 aromatic rings. The molecule has 0 saturated carbocycles. The Morgan fingerprint density at radius 1 is 1.22 bits per heavy atom. The summed E-state index contributed by atoms with van der Waals surface area (Å²) in [5.41, 5.74) is 6.67. The van der Waals surface area contributed by atoms with Gasteiger partial charge in [0.25, 0.3) is 0 Å². The van der Waals surface area contributed by atoms with Gasteiger partial charge in [-0.2, -0.15) is 0 Å².